The third kappa shape index (κ3) is 6.05. The Labute approximate surface area is 96.3 Å². The van der Waals surface area contributed by atoms with Crippen molar-refractivity contribution >= 4 is 17.7 Å². The summed E-state index contributed by atoms with van der Waals surface area (Å²) in [7, 11) is 0. The Balaban J connectivity index is 2.15. The van der Waals surface area contributed by atoms with Crippen LogP contribution >= 0.6 is 11.8 Å². The van der Waals surface area contributed by atoms with Crippen LogP contribution in [0, 0.1) is 0 Å². The molecule has 1 aliphatic rings. The highest BCUT2D eigenvalue weighted by atomic mass is 32.2. The zero-order valence-corrected chi connectivity index (χ0v) is 10.7. The van der Waals surface area contributed by atoms with Crippen molar-refractivity contribution in [2.75, 3.05) is 18.1 Å². The molecule has 0 aromatic rings. The topological polar surface area (TPSA) is 38.3 Å². The van der Waals surface area contributed by atoms with Gasteiger partial charge in [0.15, 0.2) is 0 Å². The van der Waals surface area contributed by atoms with E-state index in [0.29, 0.717) is 12.6 Å². The SMILES string of the molecule is CC(C)(C)OC(=O)CNC1CCCSC1. The molecule has 15 heavy (non-hydrogen) atoms. The van der Waals surface area contributed by atoms with Gasteiger partial charge in [0.1, 0.15) is 5.60 Å². The molecule has 88 valence electrons. The first-order chi connectivity index (χ1) is 6.97. The molecule has 1 unspecified atom stereocenters. The first-order valence-corrected chi connectivity index (χ1v) is 6.66. The molecule has 0 aromatic carbocycles. The second-order valence-electron chi connectivity index (χ2n) is 4.88. The van der Waals surface area contributed by atoms with Crippen LogP contribution in [0.1, 0.15) is 33.6 Å². The summed E-state index contributed by atoms with van der Waals surface area (Å²) in [4.78, 5) is 11.4. The van der Waals surface area contributed by atoms with Crippen LogP contribution in [0.2, 0.25) is 0 Å². The standard InChI is InChI=1S/C11H21NO2S/c1-11(2,3)14-10(13)7-12-9-5-4-6-15-8-9/h9,12H,4-8H2,1-3H3. The van der Waals surface area contributed by atoms with Crippen molar-refractivity contribution in [3.8, 4) is 0 Å². The number of carbonyl (C=O) groups excluding carboxylic acids is 1. The van der Waals surface area contributed by atoms with Crippen LogP contribution in [0.4, 0.5) is 0 Å². The number of rotatable bonds is 3. The Kier molecular flexibility index (Phi) is 4.93. The molecule has 1 N–H and O–H groups in total. The largest absolute Gasteiger partial charge is 0.459 e. The summed E-state index contributed by atoms with van der Waals surface area (Å²) < 4.78 is 5.22. The summed E-state index contributed by atoms with van der Waals surface area (Å²) in [6.07, 6.45) is 2.42. The van der Waals surface area contributed by atoms with E-state index in [1.54, 1.807) is 0 Å². The maximum Gasteiger partial charge on any atom is 0.320 e. The minimum atomic E-state index is -0.375. The zero-order chi connectivity index (χ0) is 11.3. The number of ether oxygens (including phenoxy) is 1. The van der Waals surface area contributed by atoms with Crippen LogP contribution in [-0.2, 0) is 9.53 Å². The van der Waals surface area contributed by atoms with Crippen molar-refractivity contribution in [3.63, 3.8) is 0 Å². The Morgan fingerprint density at radius 1 is 1.53 bits per heavy atom. The van der Waals surface area contributed by atoms with Crippen LogP contribution in [0.25, 0.3) is 0 Å². The number of carbonyl (C=O) groups is 1. The average molecular weight is 231 g/mol. The molecule has 0 spiro atoms. The van der Waals surface area contributed by atoms with Gasteiger partial charge in [0.05, 0.1) is 6.54 Å². The van der Waals surface area contributed by atoms with Crippen LogP contribution in [0.5, 0.6) is 0 Å². The van der Waals surface area contributed by atoms with Crippen molar-refractivity contribution in [1.82, 2.24) is 5.32 Å². The normalized spacial score (nSPS) is 22.5. The quantitative estimate of drug-likeness (QED) is 0.752. The lowest BCUT2D eigenvalue weighted by Crippen LogP contribution is -2.39. The fraction of sp³-hybridized carbons (Fsp3) is 0.909. The van der Waals surface area contributed by atoms with Crippen LogP contribution in [-0.4, -0.2) is 35.7 Å². The molecule has 1 saturated heterocycles. The highest BCUT2D eigenvalue weighted by Gasteiger charge is 2.18. The molecule has 1 aliphatic heterocycles. The number of thioether (sulfide) groups is 1. The lowest BCUT2D eigenvalue weighted by Gasteiger charge is -2.24. The van der Waals surface area contributed by atoms with Gasteiger partial charge in [0, 0.05) is 11.8 Å². The Bertz CT molecular complexity index is 207. The number of hydrogen-bond donors (Lipinski definition) is 1. The molecule has 0 amide bonds. The third-order valence-electron chi connectivity index (χ3n) is 2.12. The highest BCUT2D eigenvalue weighted by molar-refractivity contribution is 7.99. The molecule has 3 nitrogen and oxygen atoms in total. The Hall–Kier alpha value is -0.220. The van der Waals surface area contributed by atoms with Gasteiger partial charge in [-0.15, -0.1) is 0 Å². The van der Waals surface area contributed by atoms with E-state index in [4.69, 9.17) is 4.74 Å². The Morgan fingerprint density at radius 2 is 2.27 bits per heavy atom. The second-order valence-corrected chi connectivity index (χ2v) is 6.03. The van der Waals surface area contributed by atoms with E-state index in [2.05, 4.69) is 5.32 Å². The molecule has 0 aliphatic carbocycles. The number of hydrogen-bond acceptors (Lipinski definition) is 4. The van der Waals surface area contributed by atoms with Crippen LogP contribution in [0.15, 0.2) is 0 Å². The molecular weight excluding hydrogens is 210 g/mol. The number of esters is 1. The minimum Gasteiger partial charge on any atom is -0.459 e. The lowest BCUT2D eigenvalue weighted by atomic mass is 10.2. The lowest BCUT2D eigenvalue weighted by molar-refractivity contribution is -0.153. The first kappa shape index (κ1) is 12.8. The van der Waals surface area contributed by atoms with E-state index in [1.165, 1.54) is 18.6 Å². The predicted molar refractivity (Wildman–Crippen MR) is 64.2 cm³/mol. The van der Waals surface area contributed by atoms with Gasteiger partial charge in [-0.2, -0.15) is 11.8 Å². The minimum absolute atomic E-state index is 0.155. The van der Waals surface area contributed by atoms with E-state index < -0.39 is 0 Å². The van der Waals surface area contributed by atoms with Crippen molar-refractivity contribution in [2.45, 2.75) is 45.3 Å². The maximum atomic E-state index is 11.4. The van der Waals surface area contributed by atoms with E-state index in [1.807, 2.05) is 32.5 Å². The van der Waals surface area contributed by atoms with Crippen molar-refractivity contribution in [2.24, 2.45) is 0 Å². The maximum absolute atomic E-state index is 11.4. The fourth-order valence-corrected chi connectivity index (χ4v) is 2.61. The van der Waals surface area contributed by atoms with Gasteiger partial charge in [-0.05, 0) is 39.4 Å². The molecule has 1 heterocycles. The van der Waals surface area contributed by atoms with E-state index in [9.17, 15) is 4.79 Å². The number of nitrogens with one attached hydrogen (secondary N) is 1. The van der Waals surface area contributed by atoms with E-state index in [0.717, 1.165) is 5.75 Å². The Morgan fingerprint density at radius 3 is 2.80 bits per heavy atom. The molecule has 1 rings (SSSR count). The van der Waals surface area contributed by atoms with E-state index >= 15 is 0 Å². The van der Waals surface area contributed by atoms with Gasteiger partial charge in [-0.1, -0.05) is 0 Å². The third-order valence-corrected chi connectivity index (χ3v) is 3.33. The van der Waals surface area contributed by atoms with Gasteiger partial charge in [-0.3, -0.25) is 4.79 Å². The molecule has 0 saturated carbocycles. The summed E-state index contributed by atoms with van der Waals surface area (Å²) in [5.74, 6) is 2.21. The summed E-state index contributed by atoms with van der Waals surface area (Å²) in [5, 5.41) is 3.25. The fourth-order valence-electron chi connectivity index (χ4n) is 1.51. The van der Waals surface area contributed by atoms with Crippen molar-refractivity contribution < 1.29 is 9.53 Å². The average Bonchev–Trinajstić information content (AvgIpc) is 2.14. The molecule has 0 aromatic heterocycles. The predicted octanol–water partition coefficient (Wildman–Crippen LogP) is 1.81. The van der Waals surface area contributed by atoms with E-state index in [-0.39, 0.29) is 11.6 Å². The van der Waals surface area contributed by atoms with Gasteiger partial charge >= 0.3 is 5.97 Å². The van der Waals surface area contributed by atoms with Gasteiger partial charge < -0.3 is 10.1 Å². The first-order valence-electron chi connectivity index (χ1n) is 5.50. The summed E-state index contributed by atoms with van der Waals surface area (Å²) >= 11 is 1.95. The highest BCUT2D eigenvalue weighted by Crippen LogP contribution is 2.16. The van der Waals surface area contributed by atoms with Gasteiger partial charge in [0.2, 0.25) is 0 Å². The summed E-state index contributed by atoms with van der Waals surface area (Å²) in [5.41, 5.74) is -0.375. The van der Waals surface area contributed by atoms with Crippen molar-refractivity contribution in [1.29, 1.82) is 0 Å². The van der Waals surface area contributed by atoms with Crippen LogP contribution in [0.3, 0.4) is 0 Å². The summed E-state index contributed by atoms with van der Waals surface area (Å²) in [6.45, 7) is 6.01. The smallest absolute Gasteiger partial charge is 0.320 e. The molecule has 0 bridgehead atoms. The van der Waals surface area contributed by atoms with Crippen molar-refractivity contribution in [3.05, 3.63) is 0 Å². The van der Waals surface area contributed by atoms with Gasteiger partial charge in [0.25, 0.3) is 0 Å². The molecule has 1 fully saturated rings. The zero-order valence-electron chi connectivity index (χ0n) is 9.84. The van der Waals surface area contributed by atoms with Crippen LogP contribution < -0.4 is 5.32 Å². The monoisotopic (exact) mass is 231 g/mol. The summed E-state index contributed by atoms with van der Waals surface area (Å²) in [6, 6.07) is 0.483. The molecule has 1 atom stereocenters. The molecule has 0 radical (unpaired) electrons. The molecular formula is C11H21NO2S. The second kappa shape index (κ2) is 5.75. The van der Waals surface area contributed by atoms with Gasteiger partial charge in [-0.25, -0.2) is 0 Å². The molecule has 4 heteroatoms.